The van der Waals surface area contributed by atoms with Gasteiger partial charge in [0.05, 0.1) is 12.6 Å². The summed E-state index contributed by atoms with van der Waals surface area (Å²) in [6.07, 6.45) is 1.84. The van der Waals surface area contributed by atoms with Gasteiger partial charge >= 0.3 is 0 Å². The molecule has 0 aromatic carbocycles. The summed E-state index contributed by atoms with van der Waals surface area (Å²) in [5.74, 6) is -0.155. The largest absolute Gasteiger partial charge is 0.391 e. The van der Waals surface area contributed by atoms with Crippen LogP contribution < -0.4 is 0 Å². The number of rotatable bonds is 3. The molecule has 1 heterocycles. The van der Waals surface area contributed by atoms with Gasteiger partial charge in [-0.3, -0.25) is 14.5 Å². The van der Waals surface area contributed by atoms with Crippen molar-refractivity contribution in [3.05, 3.63) is 0 Å². The van der Waals surface area contributed by atoms with Crippen LogP contribution in [0.3, 0.4) is 0 Å². The fraction of sp³-hybridized carbons (Fsp3) is 0.800. The minimum atomic E-state index is -0.506. The molecule has 0 spiro atoms. The number of hydrogen-bond donors (Lipinski definition) is 1. The first-order valence-corrected chi connectivity index (χ1v) is 5.12. The number of likely N-dealkylation sites (tertiary alicyclic amines) is 1. The highest BCUT2D eigenvalue weighted by atomic mass is 16.3. The van der Waals surface area contributed by atoms with E-state index in [-0.39, 0.29) is 24.3 Å². The molecular weight excluding hydrogens is 182 g/mol. The Morgan fingerprint density at radius 1 is 1.50 bits per heavy atom. The van der Waals surface area contributed by atoms with E-state index >= 15 is 0 Å². The molecule has 2 rings (SSSR count). The van der Waals surface area contributed by atoms with Crippen molar-refractivity contribution in [3.8, 4) is 0 Å². The van der Waals surface area contributed by atoms with Gasteiger partial charge in [-0.2, -0.15) is 0 Å². The second kappa shape index (κ2) is 3.35. The number of amides is 2. The fourth-order valence-electron chi connectivity index (χ4n) is 1.86. The van der Waals surface area contributed by atoms with Gasteiger partial charge in [0, 0.05) is 12.3 Å². The number of aliphatic hydroxyl groups is 1. The third-order valence-electron chi connectivity index (χ3n) is 3.01. The van der Waals surface area contributed by atoms with Crippen LogP contribution in [0.1, 0.15) is 26.2 Å². The summed E-state index contributed by atoms with van der Waals surface area (Å²) in [5, 5.41) is 9.63. The highest BCUT2D eigenvalue weighted by Crippen LogP contribution is 2.33. The van der Waals surface area contributed by atoms with Crippen LogP contribution in [-0.2, 0) is 9.59 Å². The van der Waals surface area contributed by atoms with E-state index in [1.807, 2.05) is 0 Å². The minimum absolute atomic E-state index is 0.130. The van der Waals surface area contributed by atoms with Crippen LogP contribution in [0.15, 0.2) is 0 Å². The first kappa shape index (κ1) is 9.65. The number of carbonyl (C=O) groups is 2. The molecule has 0 aromatic heterocycles. The summed E-state index contributed by atoms with van der Waals surface area (Å²) in [4.78, 5) is 24.1. The second-order valence-electron chi connectivity index (χ2n) is 4.35. The highest BCUT2D eigenvalue weighted by Gasteiger charge is 2.39. The number of carbonyl (C=O) groups excluding carboxylic acids is 2. The Balaban J connectivity index is 1.96. The summed E-state index contributed by atoms with van der Waals surface area (Å²) in [6, 6.07) is 0. The molecule has 2 atom stereocenters. The molecule has 1 aliphatic heterocycles. The van der Waals surface area contributed by atoms with E-state index in [0.29, 0.717) is 12.3 Å². The van der Waals surface area contributed by atoms with E-state index in [2.05, 4.69) is 0 Å². The van der Waals surface area contributed by atoms with Crippen molar-refractivity contribution in [2.45, 2.75) is 32.3 Å². The maximum Gasteiger partial charge on any atom is 0.232 e. The van der Waals surface area contributed by atoms with Crippen molar-refractivity contribution in [2.75, 3.05) is 6.54 Å². The van der Waals surface area contributed by atoms with Gasteiger partial charge in [0.25, 0.3) is 0 Å². The standard InChI is InChI=1S/C10H15NO3/c1-6-4-9(13)11(10(6)14)5-8(12)7-2-3-7/h6-8,12H,2-5H2,1H3. The lowest BCUT2D eigenvalue weighted by molar-refractivity contribution is -0.141. The van der Waals surface area contributed by atoms with Crippen LogP contribution in [-0.4, -0.2) is 34.5 Å². The average Bonchev–Trinajstić information content (AvgIpc) is 2.91. The molecule has 2 unspecified atom stereocenters. The van der Waals surface area contributed by atoms with Crippen molar-refractivity contribution in [1.29, 1.82) is 0 Å². The van der Waals surface area contributed by atoms with E-state index < -0.39 is 6.10 Å². The SMILES string of the molecule is CC1CC(=O)N(CC(O)C2CC2)C1=O. The maximum absolute atomic E-state index is 11.5. The quantitative estimate of drug-likeness (QED) is 0.655. The lowest BCUT2D eigenvalue weighted by Gasteiger charge is -2.18. The molecule has 2 fully saturated rings. The van der Waals surface area contributed by atoms with Gasteiger partial charge < -0.3 is 5.11 Å². The van der Waals surface area contributed by atoms with Gasteiger partial charge in [0.1, 0.15) is 0 Å². The minimum Gasteiger partial charge on any atom is -0.391 e. The maximum atomic E-state index is 11.5. The van der Waals surface area contributed by atoms with Crippen LogP contribution in [0.25, 0.3) is 0 Å². The molecule has 14 heavy (non-hydrogen) atoms. The summed E-state index contributed by atoms with van der Waals surface area (Å²) >= 11 is 0. The zero-order valence-corrected chi connectivity index (χ0v) is 8.27. The van der Waals surface area contributed by atoms with E-state index in [0.717, 1.165) is 12.8 Å². The van der Waals surface area contributed by atoms with Crippen molar-refractivity contribution >= 4 is 11.8 Å². The third-order valence-corrected chi connectivity index (χ3v) is 3.01. The zero-order chi connectivity index (χ0) is 10.3. The van der Waals surface area contributed by atoms with E-state index in [4.69, 9.17) is 0 Å². The van der Waals surface area contributed by atoms with Gasteiger partial charge in [-0.15, -0.1) is 0 Å². The molecule has 0 bridgehead atoms. The Morgan fingerprint density at radius 2 is 2.14 bits per heavy atom. The predicted octanol–water partition coefficient (Wildman–Crippen LogP) is 0.152. The van der Waals surface area contributed by atoms with Crippen LogP contribution in [0.5, 0.6) is 0 Å². The molecule has 4 heteroatoms. The number of imide groups is 1. The molecule has 1 N–H and O–H groups in total. The molecule has 0 aromatic rings. The molecule has 1 aliphatic carbocycles. The number of aliphatic hydroxyl groups excluding tert-OH is 1. The van der Waals surface area contributed by atoms with Crippen LogP contribution in [0.4, 0.5) is 0 Å². The Labute approximate surface area is 82.9 Å². The van der Waals surface area contributed by atoms with Crippen molar-refractivity contribution < 1.29 is 14.7 Å². The predicted molar refractivity (Wildman–Crippen MR) is 49.2 cm³/mol. The first-order chi connectivity index (χ1) is 6.59. The molecule has 78 valence electrons. The summed E-state index contributed by atoms with van der Waals surface area (Å²) in [6.45, 7) is 1.95. The van der Waals surface area contributed by atoms with Gasteiger partial charge in [0.2, 0.25) is 11.8 Å². The molecule has 2 aliphatic rings. The molecule has 2 amide bonds. The Kier molecular flexibility index (Phi) is 2.31. The topological polar surface area (TPSA) is 57.6 Å². The lowest BCUT2D eigenvalue weighted by atomic mass is 10.1. The molecule has 1 saturated heterocycles. The molecular formula is C10H15NO3. The van der Waals surface area contributed by atoms with E-state index in [9.17, 15) is 14.7 Å². The molecule has 1 saturated carbocycles. The summed E-state index contributed by atoms with van der Waals surface area (Å²) in [7, 11) is 0. The van der Waals surface area contributed by atoms with Crippen LogP contribution >= 0.6 is 0 Å². The summed E-state index contributed by atoms with van der Waals surface area (Å²) in [5.41, 5.74) is 0. The number of β-amino-alcohol motifs (C(OH)–C–C–N with tert-alkyl or cyclic N) is 1. The Hall–Kier alpha value is -0.900. The average molecular weight is 197 g/mol. The van der Waals surface area contributed by atoms with Crippen LogP contribution in [0, 0.1) is 11.8 Å². The molecule has 4 nitrogen and oxygen atoms in total. The zero-order valence-electron chi connectivity index (χ0n) is 8.27. The highest BCUT2D eigenvalue weighted by molar-refractivity contribution is 6.03. The number of hydrogen-bond acceptors (Lipinski definition) is 3. The monoisotopic (exact) mass is 197 g/mol. The van der Waals surface area contributed by atoms with Gasteiger partial charge in [-0.1, -0.05) is 6.92 Å². The first-order valence-electron chi connectivity index (χ1n) is 5.12. The van der Waals surface area contributed by atoms with Crippen molar-refractivity contribution in [3.63, 3.8) is 0 Å². The van der Waals surface area contributed by atoms with Crippen LogP contribution in [0.2, 0.25) is 0 Å². The van der Waals surface area contributed by atoms with Crippen molar-refractivity contribution in [2.24, 2.45) is 11.8 Å². The number of nitrogens with zero attached hydrogens (tertiary/aromatic N) is 1. The summed E-state index contributed by atoms with van der Waals surface area (Å²) < 4.78 is 0. The Morgan fingerprint density at radius 3 is 2.57 bits per heavy atom. The lowest BCUT2D eigenvalue weighted by Crippen LogP contribution is -2.38. The van der Waals surface area contributed by atoms with Gasteiger partial charge in [0.15, 0.2) is 0 Å². The molecule has 0 radical (unpaired) electrons. The second-order valence-corrected chi connectivity index (χ2v) is 4.35. The fourth-order valence-corrected chi connectivity index (χ4v) is 1.86. The smallest absolute Gasteiger partial charge is 0.232 e. The van der Waals surface area contributed by atoms with E-state index in [1.165, 1.54) is 4.90 Å². The van der Waals surface area contributed by atoms with E-state index in [1.54, 1.807) is 6.92 Å². The third kappa shape index (κ3) is 1.66. The van der Waals surface area contributed by atoms with Crippen molar-refractivity contribution in [1.82, 2.24) is 4.90 Å². The van der Waals surface area contributed by atoms with Gasteiger partial charge in [-0.05, 0) is 18.8 Å². The van der Waals surface area contributed by atoms with Gasteiger partial charge in [-0.25, -0.2) is 0 Å². The normalized spacial score (nSPS) is 29.9. The Bertz CT molecular complexity index is 273.